The van der Waals surface area contributed by atoms with Crippen LogP contribution in [0.15, 0.2) is 73.2 Å². The molecule has 0 saturated carbocycles. The smallest absolute Gasteiger partial charge is 0.339 e. The maximum atomic E-state index is 13.0. The molecule has 4 heterocycles. The number of ether oxygens (including phenoxy) is 1. The van der Waals surface area contributed by atoms with Crippen LogP contribution in [0.25, 0.3) is 16.7 Å². The fourth-order valence-electron chi connectivity index (χ4n) is 4.74. The van der Waals surface area contributed by atoms with E-state index in [4.69, 9.17) is 4.74 Å². The largest absolute Gasteiger partial charge is 0.450 e. The zero-order valence-corrected chi connectivity index (χ0v) is 17.8. The van der Waals surface area contributed by atoms with E-state index in [1.165, 1.54) is 0 Å². The highest BCUT2D eigenvalue weighted by Crippen LogP contribution is 2.44. The summed E-state index contributed by atoms with van der Waals surface area (Å²) in [5.74, 6) is 0.935. The van der Waals surface area contributed by atoms with Crippen molar-refractivity contribution in [2.24, 2.45) is 0 Å². The van der Waals surface area contributed by atoms with E-state index in [1.54, 1.807) is 28.1 Å². The Morgan fingerprint density at radius 1 is 1.00 bits per heavy atom. The first-order chi connectivity index (χ1) is 16.1. The van der Waals surface area contributed by atoms with Gasteiger partial charge in [0.2, 0.25) is 0 Å². The number of pyridine rings is 1. The standard InChI is InChI=1S/C25H21N5O3/c31-23-18-6-2-3-7-19(18)25(33-23)11-13-29(14-12-25)24(32)28-22-15-26-16-30(22)21-10-9-17-5-1-4-8-20(17)27-21/h1-10,15-16H,11-14H2,(H,28,32). The highest BCUT2D eigenvalue weighted by molar-refractivity contribution is 5.95. The molecule has 1 spiro atoms. The zero-order chi connectivity index (χ0) is 22.4. The lowest BCUT2D eigenvalue weighted by Gasteiger charge is -2.38. The number of likely N-dealkylation sites (tertiary alicyclic amines) is 1. The molecule has 164 valence electrons. The number of piperidine rings is 1. The molecule has 8 heteroatoms. The summed E-state index contributed by atoms with van der Waals surface area (Å²) in [5, 5.41) is 4.00. The Kier molecular flexibility index (Phi) is 4.39. The number of fused-ring (bicyclic) bond motifs is 3. The molecule has 8 nitrogen and oxygen atoms in total. The molecule has 4 aromatic rings. The molecule has 2 amide bonds. The van der Waals surface area contributed by atoms with E-state index in [0.717, 1.165) is 16.5 Å². The number of nitrogens with zero attached hydrogens (tertiary/aromatic N) is 4. The van der Waals surface area contributed by atoms with Crippen LogP contribution in [0.4, 0.5) is 10.6 Å². The van der Waals surface area contributed by atoms with Crippen LogP contribution in [-0.2, 0) is 10.3 Å². The maximum absolute atomic E-state index is 13.0. The third-order valence-electron chi connectivity index (χ3n) is 6.49. The molecule has 1 saturated heterocycles. The van der Waals surface area contributed by atoms with E-state index in [1.807, 2.05) is 54.6 Å². The number of esters is 1. The third-order valence-corrected chi connectivity index (χ3v) is 6.49. The third kappa shape index (κ3) is 3.22. The molecule has 0 bridgehead atoms. The van der Waals surface area contributed by atoms with Crippen molar-refractivity contribution in [1.29, 1.82) is 0 Å². The molecule has 0 radical (unpaired) electrons. The van der Waals surface area contributed by atoms with Crippen LogP contribution in [0.1, 0.15) is 28.8 Å². The number of para-hydroxylation sites is 1. The number of nitrogens with one attached hydrogen (secondary N) is 1. The molecule has 33 heavy (non-hydrogen) atoms. The van der Waals surface area contributed by atoms with Gasteiger partial charge in [-0.05, 0) is 24.3 Å². The number of hydrogen-bond donors (Lipinski definition) is 1. The summed E-state index contributed by atoms with van der Waals surface area (Å²) in [6, 6.07) is 19.1. The van der Waals surface area contributed by atoms with Crippen LogP contribution in [-0.4, -0.2) is 44.5 Å². The van der Waals surface area contributed by atoms with Crippen LogP contribution in [0, 0.1) is 0 Å². The van der Waals surface area contributed by atoms with Gasteiger partial charge in [0.1, 0.15) is 23.6 Å². The fourth-order valence-corrected chi connectivity index (χ4v) is 4.74. The molecular weight excluding hydrogens is 418 g/mol. The average molecular weight is 439 g/mol. The number of carbonyl (C=O) groups excluding carboxylic acids is 2. The van der Waals surface area contributed by atoms with Gasteiger partial charge in [-0.15, -0.1) is 0 Å². The Labute approximate surface area is 189 Å². The van der Waals surface area contributed by atoms with E-state index >= 15 is 0 Å². The quantitative estimate of drug-likeness (QED) is 0.475. The minimum Gasteiger partial charge on any atom is -0.450 e. The van der Waals surface area contributed by atoms with Crippen LogP contribution < -0.4 is 5.32 Å². The molecule has 0 unspecified atom stereocenters. The van der Waals surface area contributed by atoms with E-state index in [9.17, 15) is 9.59 Å². The molecule has 1 fully saturated rings. The molecule has 2 aromatic carbocycles. The van der Waals surface area contributed by atoms with Crippen LogP contribution in [0.3, 0.4) is 0 Å². The second kappa shape index (κ2) is 7.44. The van der Waals surface area contributed by atoms with Gasteiger partial charge in [-0.1, -0.05) is 36.4 Å². The summed E-state index contributed by atoms with van der Waals surface area (Å²) in [6.45, 7) is 0.964. The average Bonchev–Trinajstić information content (AvgIpc) is 3.42. The number of amides is 2. The van der Waals surface area contributed by atoms with Gasteiger partial charge in [0, 0.05) is 36.9 Å². The van der Waals surface area contributed by atoms with Gasteiger partial charge in [-0.3, -0.25) is 9.88 Å². The van der Waals surface area contributed by atoms with Crippen molar-refractivity contribution >= 4 is 28.7 Å². The number of benzene rings is 2. The highest BCUT2D eigenvalue weighted by atomic mass is 16.6. The predicted octanol–water partition coefficient (Wildman–Crippen LogP) is 4.11. The lowest BCUT2D eigenvalue weighted by Crippen LogP contribution is -2.47. The van der Waals surface area contributed by atoms with E-state index < -0.39 is 5.60 Å². The second-order valence-corrected chi connectivity index (χ2v) is 8.36. The van der Waals surface area contributed by atoms with Crippen LogP contribution in [0.2, 0.25) is 0 Å². The van der Waals surface area contributed by atoms with Crippen LogP contribution in [0.5, 0.6) is 0 Å². The molecule has 2 aromatic heterocycles. The number of hydrogen-bond acceptors (Lipinski definition) is 5. The molecule has 2 aliphatic heterocycles. The fraction of sp³-hybridized carbons (Fsp3) is 0.200. The van der Waals surface area contributed by atoms with E-state index in [2.05, 4.69) is 15.3 Å². The number of aromatic nitrogens is 3. The number of carbonyl (C=O) groups is 2. The number of imidazole rings is 1. The van der Waals surface area contributed by atoms with Crippen molar-refractivity contribution in [1.82, 2.24) is 19.4 Å². The van der Waals surface area contributed by atoms with Crippen molar-refractivity contribution in [3.63, 3.8) is 0 Å². The second-order valence-electron chi connectivity index (χ2n) is 8.36. The first-order valence-corrected chi connectivity index (χ1v) is 10.9. The summed E-state index contributed by atoms with van der Waals surface area (Å²) < 4.78 is 7.54. The Balaban J connectivity index is 1.18. The minimum atomic E-state index is -0.638. The first-order valence-electron chi connectivity index (χ1n) is 10.9. The molecule has 1 N–H and O–H groups in total. The van der Waals surface area contributed by atoms with Crippen molar-refractivity contribution in [2.45, 2.75) is 18.4 Å². The summed E-state index contributed by atoms with van der Waals surface area (Å²) in [4.78, 5) is 35.9. The molecule has 6 rings (SSSR count). The number of rotatable bonds is 2. The molecule has 2 aliphatic rings. The summed E-state index contributed by atoms with van der Waals surface area (Å²) in [5.41, 5.74) is 1.78. The van der Waals surface area contributed by atoms with Gasteiger partial charge in [-0.2, -0.15) is 0 Å². The monoisotopic (exact) mass is 439 g/mol. The Morgan fingerprint density at radius 2 is 1.79 bits per heavy atom. The highest BCUT2D eigenvalue weighted by Gasteiger charge is 2.47. The van der Waals surface area contributed by atoms with Gasteiger partial charge in [-0.25, -0.2) is 19.6 Å². The number of anilines is 1. The maximum Gasteiger partial charge on any atom is 0.339 e. The van der Waals surface area contributed by atoms with Gasteiger partial charge >= 0.3 is 12.0 Å². The van der Waals surface area contributed by atoms with Crippen molar-refractivity contribution in [3.05, 3.63) is 84.3 Å². The molecule has 0 atom stereocenters. The van der Waals surface area contributed by atoms with Gasteiger partial charge < -0.3 is 9.64 Å². The number of urea groups is 1. The first kappa shape index (κ1) is 19.5. The topological polar surface area (TPSA) is 89.4 Å². The Bertz CT molecular complexity index is 1390. The summed E-state index contributed by atoms with van der Waals surface area (Å²) >= 11 is 0. The summed E-state index contributed by atoms with van der Waals surface area (Å²) in [7, 11) is 0. The SMILES string of the molecule is O=C1OC2(CCN(C(=O)Nc3cncn3-c3ccc4ccccc4n3)CC2)c2ccccc21. The Hall–Kier alpha value is -4.20. The lowest BCUT2D eigenvalue weighted by atomic mass is 9.84. The van der Waals surface area contributed by atoms with Crippen molar-refractivity contribution in [2.75, 3.05) is 18.4 Å². The lowest BCUT2D eigenvalue weighted by molar-refractivity contribution is -0.0363. The van der Waals surface area contributed by atoms with E-state index in [0.29, 0.717) is 43.1 Å². The van der Waals surface area contributed by atoms with Crippen LogP contribution >= 0.6 is 0 Å². The van der Waals surface area contributed by atoms with E-state index in [-0.39, 0.29) is 12.0 Å². The Morgan fingerprint density at radius 3 is 2.67 bits per heavy atom. The molecular formula is C25H21N5O3. The van der Waals surface area contributed by atoms with Gasteiger partial charge in [0.25, 0.3) is 0 Å². The van der Waals surface area contributed by atoms with Gasteiger partial charge in [0.05, 0.1) is 17.3 Å². The molecule has 0 aliphatic carbocycles. The van der Waals surface area contributed by atoms with Gasteiger partial charge in [0.15, 0.2) is 0 Å². The van der Waals surface area contributed by atoms with Crippen molar-refractivity contribution in [3.8, 4) is 5.82 Å². The normalized spacial score (nSPS) is 16.6. The van der Waals surface area contributed by atoms with Crippen molar-refractivity contribution < 1.29 is 14.3 Å². The predicted molar refractivity (Wildman–Crippen MR) is 122 cm³/mol. The zero-order valence-electron chi connectivity index (χ0n) is 17.8. The summed E-state index contributed by atoms with van der Waals surface area (Å²) in [6.07, 6.45) is 4.37. The minimum absolute atomic E-state index is 0.218.